The normalized spacial score (nSPS) is 28.9. The molecule has 1 fully saturated rings. The van der Waals surface area contributed by atoms with Crippen LogP contribution in [0.2, 0.25) is 0 Å². The molecule has 1 aliphatic rings. The Morgan fingerprint density at radius 1 is 1.29 bits per heavy atom. The van der Waals surface area contributed by atoms with Crippen LogP contribution in [0.15, 0.2) is 0 Å². The zero-order chi connectivity index (χ0) is 13.5. The van der Waals surface area contributed by atoms with Crippen molar-refractivity contribution < 1.29 is 23.0 Å². The Morgan fingerprint density at radius 3 is 2.06 bits per heavy atom. The quantitative estimate of drug-likeness (QED) is 0.797. The Morgan fingerprint density at radius 2 is 1.71 bits per heavy atom. The highest BCUT2D eigenvalue weighted by Gasteiger charge is 2.47. The average Bonchev–Trinajstić information content (AvgIpc) is 2.12. The van der Waals surface area contributed by atoms with Gasteiger partial charge in [-0.1, -0.05) is 0 Å². The smallest absolute Gasteiger partial charge is 0.313 e. The van der Waals surface area contributed by atoms with Crippen LogP contribution in [0.1, 0.15) is 40.5 Å². The second-order valence-corrected chi connectivity index (χ2v) is 7.12. The van der Waals surface area contributed by atoms with E-state index in [9.17, 15) is 14.0 Å². The van der Waals surface area contributed by atoms with Crippen LogP contribution in [0.5, 0.6) is 0 Å². The maximum absolute atomic E-state index is 13.2. The first kappa shape index (κ1) is 15.1. The summed E-state index contributed by atoms with van der Waals surface area (Å²) in [5, 5.41) is 11.3. The maximum atomic E-state index is 13.2. The molecule has 0 unspecified atom stereocenters. The van der Waals surface area contributed by atoms with Crippen LogP contribution >= 0.6 is 7.91 Å². The first-order valence-corrected chi connectivity index (χ1v) is 6.97. The van der Waals surface area contributed by atoms with Gasteiger partial charge in [0.1, 0.15) is 0 Å². The topological polar surface area (TPSA) is 59.0 Å². The van der Waals surface area contributed by atoms with Gasteiger partial charge in [-0.15, -0.1) is 4.20 Å². The van der Waals surface area contributed by atoms with Crippen molar-refractivity contribution in [2.45, 2.75) is 57.7 Å². The molecule has 17 heavy (non-hydrogen) atoms. The first-order chi connectivity index (χ1) is 7.50. The van der Waals surface area contributed by atoms with E-state index in [2.05, 4.69) is 4.52 Å². The highest BCUT2D eigenvalue weighted by molar-refractivity contribution is 7.48. The number of hydrogen-bond donors (Lipinski definition) is 1. The van der Waals surface area contributed by atoms with E-state index in [1.54, 1.807) is 0 Å². The van der Waals surface area contributed by atoms with Gasteiger partial charge in [-0.3, -0.25) is 9.05 Å². The zero-order valence-corrected chi connectivity index (χ0v) is 11.8. The van der Waals surface area contributed by atoms with E-state index in [-0.39, 0.29) is 0 Å². The molecule has 102 valence electrons. The largest absolute Gasteiger partial charge is 0.513 e. The molecule has 1 rings (SSSR count). The molecule has 0 radical (unpaired) electrons. The average molecular weight is 269 g/mol. The fraction of sp³-hybridized carbons (Fsp3) is 1.00. The summed E-state index contributed by atoms with van der Waals surface area (Å²) in [6, 6.07) is 0. The van der Waals surface area contributed by atoms with Crippen LogP contribution in [0, 0.1) is 0 Å². The van der Waals surface area contributed by atoms with Crippen molar-refractivity contribution in [1.82, 2.24) is 5.06 Å². The van der Waals surface area contributed by atoms with E-state index in [0.717, 1.165) is 7.11 Å². The summed E-state index contributed by atoms with van der Waals surface area (Å²) >= 11 is 0. The molecular formula is C10H21FNO4P. The second-order valence-electron chi connectivity index (χ2n) is 5.69. The summed E-state index contributed by atoms with van der Waals surface area (Å²) in [4.78, 5) is 0. The predicted octanol–water partition coefficient (Wildman–Crippen LogP) is 3.14. The number of hydrogen-bond acceptors (Lipinski definition) is 5. The Bertz CT molecular complexity index is 316. The van der Waals surface area contributed by atoms with Gasteiger partial charge >= 0.3 is 7.91 Å². The molecule has 0 aromatic carbocycles. The number of hydroxylamine groups is 2. The SMILES string of the molecule is CO[P@](=O)(F)OC1CC(C)(C)N(O)C(C)(C)C1. The third kappa shape index (κ3) is 3.48. The van der Waals surface area contributed by atoms with Crippen LogP contribution < -0.4 is 0 Å². The summed E-state index contributed by atoms with van der Waals surface area (Å²) in [5.41, 5.74) is -1.14. The van der Waals surface area contributed by atoms with Gasteiger partial charge in [0.05, 0.1) is 6.10 Å². The molecule has 1 N–H and O–H groups in total. The fourth-order valence-electron chi connectivity index (χ4n) is 2.47. The second kappa shape index (κ2) is 4.59. The minimum atomic E-state index is -4.47. The highest BCUT2D eigenvalue weighted by Crippen LogP contribution is 2.53. The standard InChI is InChI=1S/C10H21FNO4P/c1-9(2)6-8(16-17(11,14)15-5)7-10(3,4)12(9)13/h8,13H,6-7H2,1-5H3/t17-/m1/s1. The lowest BCUT2D eigenvalue weighted by Crippen LogP contribution is -2.60. The van der Waals surface area contributed by atoms with Crippen LogP contribution in [-0.2, 0) is 13.6 Å². The minimum absolute atomic E-state index is 0.379. The molecule has 1 atom stereocenters. The first-order valence-electron chi connectivity index (χ1n) is 5.53. The molecule has 7 heteroatoms. The van der Waals surface area contributed by atoms with Crippen LogP contribution in [0.25, 0.3) is 0 Å². The third-order valence-electron chi connectivity index (χ3n) is 3.09. The molecule has 0 aromatic heterocycles. The fourth-order valence-corrected chi connectivity index (χ4v) is 3.07. The van der Waals surface area contributed by atoms with Gasteiger partial charge < -0.3 is 5.21 Å². The van der Waals surface area contributed by atoms with Crippen molar-refractivity contribution in [3.63, 3.8) is 0 Å². The number of piperidine rings is 1. The van der Waals surface area contributed by atoms with Gasteiger partial charge in [0.2, 0.25) is 0 Å². The number of halogens is 1. The maximum Gasteiger partial charge on any atom is 0.513 e. The van der Waals surface area contributed by atoms with Gasteiger partial charge in [0.15, 0.2) is 0 Å². The third-order valence-corrected chi connectivity index (χ3v) is 4.08. The Labute approximate surface area is 102 Å². The lowest BCUT2D eigenvalue weighted by molar-refractivity contribution is -0.255. The van der Waals surface area contributed by atoms with Crippen molar-refractivity contribution >= 4 is 7.91 Å². The van der Waals surface area contributed by atoms with Gasteiger partial charge in [0.25, 0.3) is 0 Å². The van der Waals surface area contributed by atoms with Crippen molar-refractivity contribution in [2.24, 2.45) is 0 Å². The van der Waals surface area contributed by atoms with E-state index >= 15 is 0 Å². The molecule has 0 amide bonds. The van der Waals surface area contributed by atoms with Crippen molar-refractivity contribution in [3.8, 4) is 0 Å². The van der Waals surface area contributed by atoms with Crippen LogP contribution in [0.4, 0.5) is 4.20 Å². The summed E-state index contributed by atoms with van der Waals surface area (Å²) in [7, 11) is -3.46. The molecule has 0 aliphatic carbocycles. The minimum Gasteiger partial charge on any atom is -0.313 e. The molecule has 1 saturated heterocycles. The highest BCUT2D eigenvalue weighted by atomic mass is 31.2. The van der Waals surface area contributed by atoms with E-state index < -0.39 is 25.1 Å². The molecule has 5 nitrogen and oxygen atoms in total. The number of rotatable bonds is 3. The Hall–Kier alpha value is -0.0000000000000000139. The molecule has 1 heterocycles. The van der Waals surface area contributed by atoms with Gasteiger partial charge in [-0.2, -0.15) is 5.06 Å². The monoisotopic (exact) mass is 269 g/mol. The molecule has 0 spiro atoms. The summed E-state index contributed by atoms with van der Waals surface area (Å²) in [6.45, 7) is 7.28. The lowest BCUT2D eigenvalue weighted by atomic mass is 9.80. The van der Waals surface area contributed by atoms with E-state index in [1.807, 2.05) is 27.7 Å². The number of nitrogens with zero attached hydrogens (tertiary/aromatic N) is 1. The molecule has 0 bridgehead atoms. The lowest BCUT2D eigenvalue weighted by Gasteiger charge is -2.51. The van der Waals surface area contributed by atoms with Crippen molar-refractivity contribution in [1.29, 1.82) is 0 Å². The van der Waals surface area contributed by atoms with Crippen molar-refractivity contribution in [3.05, 3.63) is 0 Å². The molecule has 0 aromatic rings. The van der Waals surface area contributed by atoms with E-state index in [0.29, 0.717) is 12.8 Å². The molecule has 1 aliphatic heterocycles. The Kier molecular flexibility index (Phi) is 4.07. The summed E-state index contributed by atoms with van der Waals surface area (Å²) in [5.74, 6) is 0. The predicted molar refractivity (Wildman–Crippen MR) is 61.6 cm³/mol. The van der Waals surface area contributed by atoms with E-state index in [1.165, 1.54) is 5.06 Å². The van der Waals surface area contributed by atoms with E-state index in [4.69, 9.17) is 4.52 Å². The Balaban J connectivity index is 2.82. The van der Waals surface area contributed by atoms with Gasteiger partial charge in [0, 0.05) is 18.2 Å². The van der Waals surface area contributed by atoms with Crippen LogP contribution in [-0.4, -0.2) is 34.6 Å². The van der Waals surface area contributed by atoms with Crippen LogP contribution in [0.3, 0.4) is 0 Å². The van der Waals surface area contributed by atoms with Gasteiger partial charge in [-0.05, 0) is 40.5 Å². The molecule has 0 saturated carbocycles. The van der Waals surface area contributed by atoms with Crippen molar-refractivity contribution in [2.75, 3.05) is 7.11 Å². The summed E-state index contributed by atoms with van der Waals surface area (Å²) < 4.78 is 33.5. The zero-order valence-electron chi connectivity index (χ0n) is 10.9. The summed E-state index contributed by atoms with van der Waals surface area (Å²) in [6.07, 6.45) is 0.216. The molecular weight excluding hydrogens is 248 g/mol. The van der Waals surface area contributed by atoms with Gasteiger partial charge in [-0.25, -0.2) is 4.57 Å².